The Morgan fingerprint density at radius 2 is 1.58 bits per heavy atom. The highest BCUT2D eigenvalue weighted by atomic mass is 31.2. The Morgan fingerprint density at radius 1 is 1.05 bits per heavy atom. The average Bonchev–Trinajstić information content (AvgIpc) is 2.43. The van der Waals surface area contributed by atoms with E-state index >= 15 is 0 Å². The predicted molar refractivity (Wildman–Crippen MR) is 88.4 cm³/mol. The molecule has 0 aromatic heterocycles. The number of unbranched alkanes of at least 4 members (excludes halogenated alkanes) is 3. The third-order valence-electron chi connectivity index (χ3n) is 3.77. The molecule has 3 heteroatoms. The first-order valence-corrected chi connectivity index (χ1v) is 10.2. The monoisotopic (exact) mass is 287 g/mol. The van der Waals surface area contributed by atoms with Crippen LogP contribution in [0.25, 0.3) is 0 Å². The van der Waals surface area contributed by atoms with Crippen LogP contribution in [0.4, 0.5) is 0 Å². The van der Waals surface area contributed by atoms with E-state index in [0.29, 0.717) is 0 Å². The molecule has 0 saturated heterocycles. The van der Waals surface area contributed by atoms with Gasteiger partial charge in [0.1, 0.15) is 7.14 Å². The molecule has 0 aromatic rings. The van der Waals surface area contributed by atoms with Crippen LogP contribution in [0.2, 0.25) is 0 Å². The second kappa shape index (κ2) is 10.7. The van der Waals surface area contributed by atoms with Crippen molar-refractivity contribution in [3.8, 4) is 0 Å². The molecule has 0 radical (unpaired) electrons. The molecule has 0 aliphatic rings. The lowest BCUT2D eigenvalue weighted by atomic mass is 10.1. The van der Waals surface area contributed by atoms with Crippen LogP contribution in [0.3, 0.4) is 0 Å². The van der Waals surface area contributed by atoms with Gasteiger partial charge in [-0.1, -0.05) is 58.6 Å². The molecule has 0 fully saturated rings. The number of allylic oxidation sites excluding steroid dienone is 1. The van der Waals surface area contributed by atoms with Crippen molar-refractivity contribution in [1.82, 2.24) is 0 Å². The van der Waals surface area contributed by atoms with Gasteiger partial charge in [0.15, 0.2) is 0 Å². The zero-order chi connectivity index (χ0) is 14.7. The maximum absolute atomic E-state index is 13.2. The molecule has 0 saturated carbocycles. The first kappa shape index (κ1) is 18.9. The summed E-state index contributed by atoms with van der Waals surface area (Å²) in [5, 5.41) is 0. The molecule has 0 heterocycles. The van der Waals surface area contributed by atoms with Gasteiger partial charge in [0.2, 0.25) is 0 Å². The van der Waals surface area contributed by atoms with E-state index in [1.165, 1.54) is 5.57 Å². The van der Waals surface area contributed by atoms with Crippen molar-refractivity contribution in [2.24, 2.45) is 5.73 Å². The molecule has 2 N–H and O–H groups in total. The highest BCUT2D eigenvalue weighted by Gasteiger charge is 2.30. The van der Waals surface area contributed by atoms with Crippen molar-refractivity contribution in [2.75, 3.05) is 12.3 Å². The van der Waals surface area contributed by atoms with E-state index in [-0.39, 0.29) is 5.78 Å². The fourth-order valence-electron chi connectivity index (χ4n) is 2.35. The molecule has 0 rings (SSSR count). The average molecular weight is 287 g/mol. The summed E-state index contributed by atoms with van der Waals surface area (Å²) >= 11 is 0. The summed E-state index contributed by atoms with van der Waals surface area (Å²) in [4.78, 5) is 0. The lowest BCUT2D eigenvalue weighted by molar-refractivity contribution is 0.562. The minimum atomic E-state index is -2.25. The smallest absolute Gasteiger partial charge is 0.107 e. The summed E-state index contributed by atoms with van der Waals surface area (Å²) in [6.45, 7) is 8.61. The van der Waals surface area contributed by atoms with Crippen molar-refractivity contribution >= 4 is 7.14 Å². The first-order valence-electron chi connectivity index (χ1n) is 8.07. The molecular weight excluding hydrogens is 253 g/mol. The van der Waals surface area contributed by atoms with Crippen LogP contribution in [0, 0.1) is 0 Å². The standard InChI is InChI=1S/C16H34NOP/c1-5-9-12-15(8-4)16(17)19(18,13-10-6-2)14-11-7-3/h12,16H,5-11,13-14,17H2,1-4H3. The Balaban J connectivity index is 4.94. The second-order valence-corrected chi connectivity index (χ2v) is 8.83. The Kier molecular flexibility index (Phi) is 10.6. The highest BCUT2D eigenvalue weighted by molar-refractivity contribution is 7.64. The van der Waals surface area contributed by atoms with Crippen LogP contribution in [0.15, 0.2) is 11.6 Å². The van der Waals surface area contributed by atoms with Gasteiger partial charge >= 0.3 is 0 Å². The van der Waals surface area contributed by atoms with Crippen molar-refractivity contribution in [2.45, 2.75) is 78.4 Å². The fourth-order valence-corrected chi connectivity index (χ4v) is 5.72. The van der Waals surface area contributed by atoms with E-state index in [4.69, 9.17) is 5.73 Å². The summed E-state index contributed by atoms with van der Waals surface area (Å²) < 4.78 is 13.2. The summed E-state index contributed by atoms with van der Waals surface area (Å²) in [5.74, 6) is -0.192. The first-order chi connectivity index (χ1) is 9.05. The van der Waals surface area contributed by atoms with Crippen molar-refractivity contribution < 1.29 is 4.57 Å². The van der Waals surface area contributed by atoms with Crippen LogP contribution in [-0.2, 0) is 4.57 Å². The normalized spacial score (nSPS) is 14.7. The Hall–Kier alpha value is -0.0700. The van der Waals surface area contributed by atoms with Crippen LogP contribution >= 0.6 is 7.14 Å². The van der Waals surface area contributed by atoms with Gasteiger partial charge in [0.25, 0.3) is 0 Å². The molecule has 114 valence electrons. The maximum Gasteiger partial charge on any atom is 0.107 e. The lowest BCUT2D eigenvalue weighted by Crippen LogP contribution is -2.26. The molecule has 2 nitrogen and oxygen atoms in total. The minimum Gasteiger partial charge on any atom is -0.322 e. The van der Waals surface area contributed by atoms with Crippen LogP contribution in [-0.4, -0.2) is 18.1 Å². The van der Waals surface area contributed by atoms with Gasteiger partial charge in [-0.3, -0.25) is 0 Å². The number of hydrogen-bond acceptors (Lipinski definition) is 2. The van der Waals surface area contributed by atoms with Gasteiger partial charge in [-0.25, -0.2) is 0 Å². The molecule has 1 unspecified atom stereocenters. The van der Waals surface area contributed by atoms with Gasteiger partial charge in [-0.2, -0.15) is 0 Å². The van der Waals surface area contributed by atoms with Gasteiger partial charge < -0.3 is 10.3 Å². The highest BCUT2D eigenvalue weighted by Crippen LogP contribution is 2.53. The lowest BCUT2D eigenvalue weighted by Gasteiger charge is -2.27. The fraction of sp³-hybridized carbons (Fsp3) is 0.875. The van der Waals surface area contributed by atoms with Crippen molar-refractivity contribution in [3.05, 3.63) is 11.6 Å². The molecular formula is C16H34NOP. The Morgan fingerprint density at radius 3 is 1.95 bits per heavy atom. The van der Waals surface area contributed by atoms with Crippen LogP contribution < -0.4 is 5.73 Å². The molecule has 1 atom stereocenters. The minimum absolute atomic E-state index is 0.192. The van der Waals surface area contributed by atoms with E-state index in [1.807, 2.05) is 0 Å². The van der Waals surface area contributed by atoms with E-state index in [0.717, 1.165) is 57.3 Å². The zero-order valence-corrected chi connectivity index (χ0v) is 14.3. The second-order valence-electron chi connectivity index (χ2n) is 5.47. The van der Waals surface area contributed by atoms with Gasteiger partial charge in [0.05, 0.1) is 5.78 Å². The molecule has 0 spiro atoms. The van der Waals surface area contributed by atoms with Gasteiger partial charge in [-0.05, 0) is 25.7 Å². The van der Waals surface area contributed by atoms with Crippen LogP contribution in [0.5, 0.6) is 0 Å². The predicted octanol–water partition coefficient (Wildman–Crippen LogP) is 5.37. The van der Waals surface area contributed by atoms with E-state index < -0.39 is 7.14 Å². The zero-order valence-electron chi connectivity index (χ0n) is 13.5. The summed E-state index contributed by atoms with van der Waals surface area (Å²) in [6.07, 6.45) is 11.3. The third kappa shape index (κ3) is 6.77. The number of rotatable bonds is 11. The summed E-state index contributed by atoms with van der Waals surface area (Å²) in [6, 6.07) is 0. The SMILES string of the molecule is CCCC=C(CC)C(N)P(=O)(CCCC)CCCC. The summed E-state index contributed by atoms with van der Waals surface area (Å²) in [7, 11) is -2.25. The van der Waals surface area contributed by atoms with E-state index in [9.17, 15) is 4.57 Å². The van der Waals surface area contributed by atoms with E-state index in [2.05, 4.69) is 33.8 Å². The molecule has 0 amide bonds. The quantitative estimate of drug-likeness (QED) is 0.410. The van der Waals surface area contributed by atoms with Gasteiger partial charge in [0, 0.05) is 12.3 Å². The molecule has 0 bridgehead atoms. The summed E-state index contributed by atoms with van der Waals surface area (Å²) in [5.41, 5.74) is 7.62. The van der Waals surface area contributed by atoms with Gasteiger partial charge in [-0.15, -0.1) is 0 Å². The Labute approximate surface area is 120 Å². The van der Waals surface area contributed by atoms with E-state index in [1.54, 1.807) is 0 Å². The number of nitrogens with two attached hydrogens (primary N) is 1. The molecule has 0 aromatic carbocycles. The molecule has 0 aliphatic heterocycles. The Bertz CT molecular complexity index is 287. The van der Waals surface area contributed by atoms with Crippen molar-refractivity contribution in [1.29, 1.82) is 0 Å². The molecule has 19 heavy (non-hydrogen) atoms. The molecule has 0 aliphatic carbocycles. The van der Waals surface area contributed by atoms with Crippen molar-refractivity contribution in [3.63, 3.8) is 0 Å². The number of hydrogen-bond donors (Lipinski definition) is 1. The third-order valence-corrected chi connectivity index (χ3v) is 7.26. The van der Waals surface area contributed by atoms with Crippen LogP contribution in [0.1, 0.15) is 72.6 Å². The topological polar surface area (TPSA) is 43.1 Å². The largest absolute Gasteiger partial charge is 0.322 e. The maximum atomic E-state index is 13.2.